The van der Waals surface area contributed by atoms with Crippen LogP contribution in [0.4, 0.5) is 4.79 Å². The van der Waals surface area contributed by atoms with E-state index in [0.29, 0.717) is 0 Å². The lowest BCUT2D eigenvalue weighted by Gasteiger charge is -2.30. The summed E-state index contributed by atoms with van der Waals surface area (Å²) in [6.45, 7) is 5.04. The van der Waals surface area contributed by atoms with Crippen molar-refractivity contribution >= 4 is 12.0 Å². The monoisotopic (exact) mass is 241 g/mol. The van der Waals surface area contributed by atoms with Gasteiger partial charge in [-0.05, 0) is 20.8 Å². The molecule has 1 unspecified atom stereocenters. The van der Waals surface area contributed by atoms with E-state index in [9.17, 15) is 9.59 Å². The largest absolute Gasteiger partial charge is 0.481 e. The summed E-state index contributed by atoms with van der Waals surface area (Å²) in [6.07, 6.45) is 0.0858. The molecule has 0 aliphatic carbocycles. The summed E-state index contributed by atoms with van der Waals surface area (Å²) in [5.74, 6) is -0.969. The molecule has 1 atom stereocenters. The second-order valence-corrected chi connectivity index (χ2v) is 4.71. The Labute approximate surface area is 101 Å². The molecule has 2 N–H and O–H groups in total. The van der Waals surface area contributed by atoms with Crippen molar-refractivity contribution in [2.24, 2.45) is 0 Å². The van der Waals surface area contributed by atoms with Crippen molar-refractivity contribution in [3.63, 3.8) is 0 Å². The summed E-state index contributed by atoms with van der Waals surface area (Å²) < 4.78 is 0. The maximum Gasteiger partial charge on any atom is 0.317 e. The first kappa shape index (κ1) is 15.2. The van der Waals surface area contributed by atoms with E-state index in [1.54, 1.807) is 27.8 Å². The number of nitrogens with one attached hydrogen (secondary N) is 1. The number of amides is 2. The predicted molar refractivity (Wildman–Crippen MR) is 62.3 cm³/mol. The van der Waals surface area contributed by atoms with Crippen LogP contribution in [-0.4, -0.2) is 40.6 Å². The fraction of sp³-hybridized carbons (Fsp3) is 0.727. The Bertz CT molecular complexity index is 333. The number of aliphatic carboxylic acids is 1. The van der Waals surface area contributed by atoms with Crippen LogP contribution in [0.15, 0.2) is 0 Å². The molecule has 0 aromatic carbocycles. The first-order valence-corrected chi connectivity index (χ1v) is 5.33. The molecule has 0 fully saturated rings. The van der Waals surface area contributed by atoms with Crippen LogP contribution >= 0.6 is 0 Å². The van der Waals surface area contributed by atoms with Crippen molar-refractivity contribution in [2.75, 3.05) is 7.05 Å². The summed E-state index contributed by atoms with van der Waals surface area (Å²) in [5, 5.41) is 19.8. The third-order valence-electron chi connectivity index (χ3n) is 2.41. The molecule has 0 aromatic heterocycles. The van der Waals surface area contributed by atoms with E-state index < -0.39 is 11.5 Å². The van der Waals surface area contributed by atoms with Gasteiger partial charge in [-0.1, -0.05) is 0 Å². The maximum absolute atomic E-state index is 11.8. The number of carbonyl (C=O) groups is 2. The summed E-state index contributed by atoms with van der Waals surface area (Å²) in [4.78, 5) is 23.8. The van der Waals surface area contributed by atoms with Gasteiger partial charge in [-0.2, -0.15) is 5.26 Å². The number of carboxylic acids is 1. The highest BCUT2D eigenvalue weighted by molar-refractivity contribution is 5.76. The third kappa shape index (κ3) is 5.76. The Morgan fingerprint density at radius 3 is 2.47 bits per heavy atom. The molecule has 0 saturated heterocycles. The second-order valence-electron chi connectivity index (χ2n) is 4.71. The SMILES string of the molecule is CC(CC#N)N(C)C(=O)NC(C)(C)CC(=O)O. The molecule has 17 heavy (non-hydrogen) atoms. The first-order valence-electron chi connectivity index (χ1n) is 5.33. The van der Waals surface area contributed by atoms with E-state index >= 15 is 0 Å². The topological polar surface area (TPSA) is 93.4 Å². The van der Waals surface area contributed by atoms with Gasteiger partial charge in [0.15, 0.2) is 0 Å². The van der Waals surface area contributed by atoms with Gasteiger partial charge in [-0.15, -0.1) is 0 Å². The molecule has 0 radical (unpaired) electrons. The van der Waals surface area contributed by atoms with Gasteiger partial charge < -0.3 is 15.3 Å². The lowest BCUT2D eigenvalue weighted by Crippen LogP contribution is -2.51. The maximum atomic E-state index is 11.8. The third-order valence-corrected chi connectivity index (χ3v) is 2.41. The van der Waals surface area contributed by atoms with Crippen molar-refractivity contribution in [1.82, 2.24) is 10.2 Å². The van der Waals surface area contributed by atoms with Crippen molar-refractivity contribution < 1.29 is 14.7 Å². The Morgan fingerprint density at radius 2 is 2.06 bits per heavy atom. The lowest BCUT2D eigenvalue weighted by atomic mass is 10.0. The number of urea groups is 1. The van der Waals surface area contributed by atoms with Crippen molar-refractivity contribution in [1.29, 1.82) is 5.26 Å². The standard InChI is InChI=1S/C11H19N3O3/c1-8(5-6-12)14(4)10(17)13-11(2,3)7-9(15)16/h8H,5,7H2,1-4H3,(H,13,17)(H,15,16). The molecule has 2 amide bonds. The zero-order chi connectivity index (χ0) is 13.6. The van der Waals surface area contributed by atoms with Gasteiger partial charge in [-0.3, -0.25) is 4.79 Å². The van der Waals surface area contributed by atoms with Crippen LogP contribution in [0, 0.1) is 11.3 Å². The Balaban J connectivity index is 4.43. The normalized spacial score (nSPS) is 12.4. The average molecular weight is 241 g/mol. The molecule has 96 valence electrons. The van der Waals surface area contributed by atoms with Gasteiger partial charge >= 0.3 is 12.0 Å². The summed E-state index contributed by atoms with van der Waals surface area (Å²) in [5.41, 5.74) is -0.816. The Kier molecular flexibility index (Phi) is 5.45. The van der Waals surface area contributed by atoms with Crippen molar-refractivity contribution in [3.8, 4) is 6.07 Å². The molecule has 6 nitrogen and oxygen atoms in total. The average Bonchev–Trinajstić information content (AvgIpc) is 2.13. The zero-order valence-electron chi connectivity index (χ0n) is 10.6. The predicted octanol–water partition coefficient (Wildman–Crippen LogP) is 1.18. The van der Waals surface area contributed by atoms with Crippen molar-refractivity contribution in [2.45, 2.75) is 45.2 Å². The summed E-state index contributed by atoms with van der Waals surface area (Å²) in [7, 11) is 1.58. The van der Waals surface area contributed by atoms with E-state index in [-0.39, 0.29) is 24.9 Å². The minimum Gasteiger partial charge on any atom is -0.481 e. The van der Waals surface area contributed by atoms with E-state index in [4.69, 9.17) is 10.4 Å². The van der Waals surface area contributed by atoms with Crippen LogP contribution in [0.1, 0.15) is 33.6 Å². The van der Waals surface area contributed by atoms with Gasteiger partial charge in [0, 0.05) is 18.6 Å². The number of rotatable bonds is 5. The molecular weight excluding hydrogens is 222 g/mol. The van der Waals surface area contributed by atoms with Crippen LogP contribution in [0.25, 0.3) is 0 Å². The Morgan fingerprint density at radius 1 is 1.53 bits per heavy atom. The van der Waals surface area contributed by atoms with Gasteiger partial charge in [0.1, 0.15) is 0 Å². The molecule has 0 aromatic rings. The summed E-state index contributed by atoms with van der Waals surface area (Å²) >= 11 is 0. The molecule has 0 rings (SSSR count). The molecule has 6 heteroatoms. The van der Waals surface area contributed by atoms with Gasteiger partial charge in [-0.25, -0.2) is 4.79 Å². The fourth-order valence-electron chi connectivity index (χ4n) is 1.27. The van der Waals surface area contributed by atoms with Gasteiger partial charge in [0.2, 0.25) is 0 Å². The minimum absolute atomic E-state index is 0.154. The fourth-order valence-corrected chi connectivity index (χ4v) is 1.27. The van der Waals surface area contributed by atoms with Gasteiger partial charge in [0.25, 0.3) is 0 Å². The number of nitrogens with zero attached hydrogens (tertiary/aromatic N) is 2. The Hall–Kier alpha value is -1.77. The molecule has 0 saturated carbocycles. The second kappa shape index (κ2) is 6.09. The van der Waals surface area contributed by atoms with Gasteiger partial charge in [0.05, 0.1) is 18.9 Å². The van der Waals surface area contributed by atoms with Crippen LogP contribution in [0.5, 0.6) is 0 Å². The number of carboxylic acid groups (broad SMARTS) is 1. The van der Waals surface area contributed by atoms with E-state index in [0.717, 1.165) is 0 Å². The van der Waals surface area contributed by atoms with E-state index in [1.165, 1.54) is 4.90 Å². The molecule has 0 spiro atoms. The van der Waals surface area contributed by atoms with Crippen LogP contribution in [0.2, 0.25) is 0 Å². The van der Waals surface area contributed by atoms with Crippen molar-refractivity contribution in [3.05, 3.63) is 0 Å². The number of hydrogen-bond acceptors (Lipinski definition) is 3. The van der Waals surface area contributed by atoms with Crippen LogP contribution in [0.3, 0.4) is 0 Å². The molecule has 0 aliphatic rings. The highest BCUT2D eigenvalue weighted by Crippen LogP contribution is 2.10. The van der Waals surface area contributed by atoms with Crippen LogP contribution < -0.4 is 5.32 Å². The number of nitriles is 1. The van der Waals surface area contributed by atoms with E-state index in [2.05, 4.69) is 5.32 Å². The smallest absolute Gasteiger partial charge is 0.317 e. The molecule has 0 bridgehead atoms. The minimum atomic E-state index is -0.969. The highest BCUT2D eigenvalue weighted by Gasteiger charge is 2.26. The molecule has 0 aliphatic heterocycles. The zero-order valence-corrected chi connectivity index (χ0v) is 10.6. The molecular formula is C11H19N3O3. The number of hydrogen-bond donors (Lipinski definition) is 2. The summed E-state index contributed by atoms with van der Waals surface area (Å²) in [6, 6.07) is 1.40. The lowest BCUT2D eigenvalue weighted by molar-refractivity contribution is -0.138. The number of carbonyl (C=O) groups excluding carboxylic acids is 1. The molecule has 0 heterocycles. The quantitative estimate of drug-likeness (QED) is 0.755. The van der Waals surface area contributed by atoms with Crippen LogP contribution in [-0.2, 0) is 4.79 Å². The highest BCUT2D eigenvalue weighted by atomic mass is 16.4. The van der Waals surface area contributed by atoms with E-state index in [1.807, 2.05) is 6.07 Å². The first-order chi connectivity index (χ1) is 7.69.